The number of hydrogen-bond donors (Lipinski definition) is 1. The lowest BCUT2D eigenvalue weighted by Crippen LogP contribution is -2.30. The van der Waals surface area contributed by atoms with Crippen LogP contribution in [0.15, 0.2) is 24.3 Å². The van der Waals surface area contributed by atoms with Crippen LogP contribution in [-0.4, -0.2) is 36.7 Å². The lowest BCUT2D eigenvalue weighted by atomic mass is 10.1. The van der Waals surface area contributed by atoms with Crippen molar-refractivity contribution in [1.29, 1.82) is 0 Å². The molecule has 0 bridgehead atoms. The van der Waals surface area contributed by atoms with Gasteiger partial charge in [-0.1, -0.05) is 18.2 Å². The molecular formula is C14H18O5. The third kappa shape index (κ3) is 3.45. The molecular weight excluding hydrogens is 248 g/mol. The van der Waals surface area contributed by atoms with Crippen LogP contribution in [0.1, 0.15) is 18.9 Å². The molecule has 1 saturated heterocycles. The first-order valence-corrected chi connectivity index (χ1v) is 6.18. The minimum atomic E-state index is -0.879. The van der Waals surface area contributed by atoms with Crippen LogP contribution in [-0.2, 0) is 20.7 Å². The van der Waals surface area contributed by atoms with Gasteiger partial charge in [0.25, 0.3) is 0 Å². The number of rotatable bonds is 5. The van der Waals surface area contributed by atoms with Gasteiger partial charge in [-0.15, -0.1) is 0 Å². The van der Waals surface area contributed by atoms with Crippen molar-refractivity contribution in [2.24, 2.45) is 0 Å². The molecule has 1 N–H and O–H groups in total. The number of aliphatic carboxylic acids is 1. The maximum Gasteiger partial charge on any atom is 0.306 e. The average Bonchev–Trinajstić information content (AvgIpc) is 2.70. The maximum absolute atomic E-state index is 10.7. The second kappa shape index (κ2) is 5.59. The Morgan fingerprint density at radius 3 is 2.95 bits per heavy atom. The van der Waals surface area contributed by atoms with Gasteiger partial charge in [-0.2, -0.15) is 0 Å². The van der Waals surface area contributed by atoms with Crippen molar-refractivity contribution < 1.29 is 24.1 Å². The van der Waals surface area contributed by atoms with Gasteiger partial charge >= 0.3 is 5.97 Å². The Morgan fingerprint density at radius 2 is 2.26 bits per heavy atom. The molecule has 104 valence electrons. The van der Waals surface area contributed by atoms with E-state index in [4.69, 9.17) is 19.3 Å². The first kappa shape index (κ1) is 13.8. The average molecular weight is 266 g/mol. The number of hydrogen-bond acceptors (Lipinski definition) is 4. The minimum Gasteiger partial charge on any atom is -0.496 e. The molecule has 0 amide bonds. The SMILES string of the molecule is COc1ccccc1CC1(C)OCC(CC(=O)O)O1. The Bertz CT molecular complexity index is 459. The van der Waals surface area contributed by atoms with Crippen molar-refractivity contribution in [1.82, 2.24) is 0 Å². The fourth-order valence-corrected chi connectivity index (χ4v) is 2.27. The molecule has 1 heterocycles. The van der Waals surface area contributed by atoms with E-state index in [2.05, 4.69) is 0 Å². The van der Waals surface area contributed by atoms with Crippen LogP contribution in [0.2, 0.25) is 0 Å². The maximum atomic E-state index is 10.7. The Kier molecular flexibility index (Phi) is 4.07. The summed E-state index contributed by atoms with van der Waals surface area (Å²) in [6.07, 6.45) is 0.0893. The Labute approximate surface area is 112 Å². The predicted octanol–water partition coefficient (Wildman–Crippen LogP) is 1.84. The van der Waals surface area contributed by atoms with E-state index < -0.39 is 17.9 Å². The third-order valence-electron chi connectivity index (χ3n) is 3.10. The van der Waals surface area contributed by atoms with Gasteiger partial charge in [-0.25, -0.2) is 0 Å². The molecule has 1 aliphatic rings. The van der Waals surface area contributed by atoms with E-state index in [9.17, 15) is 4.79 Å². The number of para-hydroxylation sites is 1. The molecule has 0 saturated carbocycles. The summed E-state index contributed by atoms with van der Waals surface area (Å²) in [7, 11) is 1.62. The van der Waals surface area contributed by atoms with Crippen LogP contribution in [0.25, 0.3) is 0 Å². The second-order valence-electron chi connectivity index (χ2n) is 4.77. The fourth-order valence-electron chi connectivity index (χ4n) is 2.27. The van der Waals surface area contributed by atoms with Gasteiger partial charge in [-0.05, 0) is 18.6 Å². The molecule has 2 atom stereocenters. The third-order valence-corrected chi connectivity index (χ3v) is 3.10. The first-order valence-electron chi connectivity index (χ1n) is 6.18. The van der Waals surface area contributed by atoms with Crippen LogP contribution < -0.4 is 4.74 Å². The minimum absolute atomic E-state index is 0.0402. The van der Waals surface area contributed by atoms with Gasteiger partial charge in [0, 0.05) is 6.42 Å². The largest absolute Gasteiger partial charge is 0.496 e. The molecule has 1 aromatic rings. The summed E-state index contributed by atoms with van der Waals surface area (Å²) in [5, 5.41) is 8.76. The number of methoxy groups -OCH3 is 1. The number of ether oxygens (including phenoxy) is 3. The van der Waals surface area contributed by atoms with Crippen LogP contribution in [0.3, 0.4) is 0 Å². The van der Waals surface area contributed by atoms with E-state index in [1.54, 1.807) is 7.11 Å². The fraction of sp³-hybridized carbons (Fsp3) is 0.500. The van der Waals surface area contributed by atoms with Crippen LogP contribution in [0, 0.1) is 0 Å². The van der Waals surface area contributed by atoms with Crippen molar-refractivity contribution in [3.63, 3.8) is 0 Å². The van der Waals surface area contributed by atoms with Crippen LogP contribution in [0.4, 0.5) is 0 Å². The highest BCUT2D eigenvalue weighted by atomic mass is 16.7. The van der Waals surface area contributed by atoms with Crippen LogP contribution >= 0.6 is 0 Å². The Balaban J connectivity index is 2.04. The summed E-state index contributed by atoms with van der Waals surface area (Å²) in [4.78, 5) is 10.7. The first-order chi connectivity index (χ1) is 9.02. The number of carbonyl (C=O) groups is 1. The molecule has 5 nitrogen and oxygen atoms in total. The summed E-state index contributed by atoms with van der Waals surface area (Å²) >= 11 is 0. The monoisotopic (exact) mass is 266 g/mol. The molecule has 0 aliphatic carbocycles. The zero-order valence-corrected chi connectivity index (χ0v) is 11.1. The molecule has 5 heteroatoms. The van der Waals surface area contributed by atoms with Gasteiger partial charge in [-0.3, -0.25) is 4.79 Å². The molecule has 1 fully saturated rings. The molecule has 19 heavy (non-hydrogen) atoms. The molecule has 2 unspecified atom stereocenters. The molecule has 2 rings (SSSR count). The van der Waals surface area contributed by atoms with Gasteiger partial charge < -0.3 is 19.3 Å². The molecule has 1 aromatic carbocycles. The van der Waals surface area contributed by atoms with Gasteiger partial charge in [0.2, 0.25) is 0 Å². The van der Waals surface area contributed by atoms with Gasteiger partial charge in [0.1, 0.15) is 5.75 Å². The predicted molar refractivity (Wildman–Crippen MR) is 68.2 cm³/mol. The molecule has 0 radical (unpaired) electrons. The van der Waals surface area contributed by atoms with E-state index in [1.165, 1.54) is 0 Å². The lowest BCUT2D eigenvalue weighted by Gasteiger charge is -2.24. The zero-order valence-electron chi connectivity index (χ0n) is 11.1. The molecule has 0 aromatic heterocycles. The van der Waals surface area contributed by atoms with E-state index in [0.717, 1.165) is 11.3 Å². The van der Waals surface area contributed by atoms with E-state index >= 15 is 0 Å². The second-order valence-corrected chi connectivity index (χ2v) is 4.77. The van der Waals surface area contributed by atoms with Gasteiger partial charge in [0.15, 0.2) is 5.79 Å². The standard InChI is InChI=1S/C14H18O5/c1-14(18-9-11(19-14)7-13(15)16)8-10-5-3-4-6-12(10)17-2/h3-6,11H,7-9H2,1-2H3,(H,15,16). The highest BCUT2D eigenvalue weighted by Gasteiger charge is 2.38. The summed E-state index contributed by atoms with van der Waals surface area (Å²) in [6.45, 7) is 2.12. The summed E-state index contributed by atoms with van der Waals surface area (Å²) in [6, 6.07) is 7.64. The topological polar surface area (TPSA) is 65.0 Å². The van der Waals surface area contributed by atoms with Crippen LogP contribution in [0.5, 0.6) is 5.75 Å². The molecule has 1 aliphatic heterocycles. The van der Waals surface area contributed by atoms with E-state index in [0.29, 0.717) is 13.0 Å². The number of benzene rings is 1. The highest BCUT2D eigenvalue weighted by molar-refractivity contribution is 5.67. The summed E-state index contributed by atoms with van der Waals surface area (Å²) in [5.74, 6) is -0.901. The molecule has 0 spiro atoms. The zero-order chi connectivity index (χ0) is 13.9. The lowest BCUT2D eigenvalue weighted by molar-refractivity contribution is -0.158. The quantitative estimate of drug-likeness (QED) is 0.881. The number of carboxylic acids is 1. The van der Waals surface area contributed by atoms with Crippen molar-refractivity contribution in [3.8, 4) is 5.75 Å². The number of carboxylic acid groups (broad SMARTS) is 1. The van der Waals surface area contributed by atoms with E-state index in [-0.39, 0.29) is 6.42 Å². The van der Waals surface area contributed by atoms with Crippen molar-refractivity contribution in [3.05, 3.63) is 29.8 Å². The Morgan fingerprint density at radius 1 is 1.53 bits per heavy atom. The summed E-state index contributed by atoms with van der Waals surface area (Å²) in [5.41, 5.74) is 0.975. The van der Waals surface area contributed by atoms with Crippen molar-refractivity contribution in [2.45, 2.75) is 31.7 Å². The summed E-state index contributed by atoms with van der Waals surface area (Å²) < 4.78 is 16.6. The van der Waals surface area contributed by atoms with E-state index in [1.807, 2.05) is 31.2 Å². The highest BCUT2D eigenvalue weighted by Crippen LogP contribution is 2.31. The normalized spacial score (nSPS) is 26.3. The van der Waals surface area contributed by atoms with Gasteiger partial charge in [0.05, 0.1) is 26.2 Å². The smallest absolute Gasteiger partial charge is 0.306 e. The van der Waals surface area contributed by atoms with Crippen molar-refractivity contribution in [2.75, 3.05) is 13.7 Å². The Hall–Kier alpha value is -1.59. The van der Waals surface area contributed by atoms with Crippen molar-refractivity contribution >= 4 is 5.97 Å².